The lowest BCUT2D eigenvalue weighted by Gasteiger charge is -2.30. The number of nitrogens with one attached hydrogen (secondary N) is 1. The minimum absolute atomic E-state index is 0.755. The lowest BCUT2D eigenvalue weighted by Crippen LogP contribution is -2.35. The lowest BCUT2D eigenvalue weighted by molar-refractivity contribution is 0.186. The van der Waals surface area contributed by atoms with Gasteiger partial charge >= 0.3 is 0 Å². The van der Waals surface area contributed by atoms with Gasteiger partial charge in [-0.2, -0.15) is 0 Å². The molecule has 0 bridgehead atoms. The molecule has 3 nitrogen and oxygen atoms in total. The van der Waals surface area contributed by atoms with Crippen LogP contribution in [0.4, 0.5) is 0 Å². The summed E-state index contributed by atoms with van der Waals surface area (Å²) in [5.41, 5.74) is 0. The van der Waals surface area contributed by atoms with Gasteiger partial charge in [0.1, 0.15) is 0 Å². The molecule has 2 aliphatic rings. The Bertz CT molecular complexity index is 425. The molecule has 0 aromatic carbocycles. The van der Waals surface area contributed by atoms with Gasteiger partial charge in [-0.15, -0.1) is 11.3 Å². The zero-order chi connectivity index (χ0) is 14.5. The molecule has 118 valence electrons. The molecule has 1 aromatic rings. The molecule has 1 saturated carbocycles. The minimum Gasteiger partial charge on any atom is -0.309 e. The fourth-order valence-electron chi connectivity index (χ4n) is 3.66. The average Bonchev–Trinajstić information content (AvgIpc) is 3.15. The third kappa shape index (κ3) is 4.76. The quantitative estimate of drug-likeness (QED) is 0.872. The fraction of sp³-hybridized carbons (Fsp3) is 0.824. The van der Waals surface area contributed by atoms with Crippen LogP contribution in [0.15, 0.2) is 6.20 Å². The van der Waals surface area contributed by atoms with Crippen LogP contribution in [0, 0.1) is 5.92 Å². The van der Waals surface area contributed by atoms with Crippen LogP contribution in [0.1, 0.15) is 55.3 Å². The maximum absolute atomic E-state index is 4.62. The molecule has 1 aromatic heterocycles. The normalized spacial score (nSPS) is 24.7. The van der Waals surface area contributed by atoms with Crippen LogP contribution in [-0.2, 0) is 13.0 Å². The highest BCUT2D eigenvalue weighted by atomic mass is 32.1. The van der Waals surface area contributed by atoms with E-state index in [1.165, 1.54) is 68.0 Å². The number of thiazole rings is 1. The van der Waals surface area contributed by atoms with Crippen molar-refractivity contribution in [3.8, 4) is 0 Å². The highest BCUT2D eigenvalue weighted by Crippen LogP contribution is 2.20. The van der Waals surface area contributed by atoms with Gasteiger partial charge in [0.05, 0.1) is 5.01 Å². The van der Waals surface area contributed by atoms with E-state index < -0.39 is 0 Å². The van der Waals surface area contributed by atoms with Gasteiger partial charge in [0.25, 0.3) is 0 Å². The molecule has 0 spiro atoms. The molecule has 0 amide bonds. The van der Waals surface area contributed by atoms with Crippen molar-refractivity contribution in [2.75, 3.05) is 19.6 Å². The van der Waals surface area contributed by atoms with Crippen LogP contribution in [0.2, 0.25) is 0 Å². The van der Waals surface area contributed by atoms with Crippen LogP contribution >= 0.6 is 11.3 Å². The molecule has 1 aliphatic carbocycles. The van der Waals surface area contributed by atoms with E-state index in [2.05, 4.69) is 28.3 Å². The zero-order valence-electron chi connectivity index (χ0n) is 13.3. The summed E-state index contributed by atoms with van der Waals surface area (Å²) < 4.78 is 0. The van der Waals surface area contributed by atoms with Crippen LogP contribution in [0.25, 0.3) is 0 Å². The number of piperidine rings is 1. The van der Waals surface area contributed by atoms with Crippen molar-refractivity contribution in [3.05, 3.63) is 16.1 Å². The van der Waals surface area contributed by atoms with E-state index in [-0.39, 0.29) is 0 Å². The van der Waals surface area contributed by atoms with Crippen molar-refractivity contribution in [2.45, 2.75) is 64.5 Å². The molecule has 0 radical (unpaired) electrons. The van der Waals surface area contributed by atoms with Crippen LogP contribution in [0.3, 0.4) is 0 Å². The molecule has 2 heterocycles. The van der Waals surface area contributed by atoms with Gasteiger partial charge in [-0.25, -0.2) is 4.98 Å². The van der Waals surface area contributed by atoms with Crippen LogP contribution < -0.4 is 5.32 Å². The van der Waals surface area contributed by atoms with E-state index in [0.29, 0.717) is 0 Å². The molecule has 2 fully saturated rings. The molecule has 1 unspecified atom stereocenters. The summed E-state index contributed by atoms with van der Waals surface area (Å²) in [4.78, 5) is 8.64. The van der Waals surface area contributed by atoms with Crippen LogP contribution in [-0.4, -0.2) is 35.6 Å². The van der Waals surface area contributed by atoms with Gasteiger partial charge in [-0.3, -0.25) is 0 Å². The van der Waals surface area contributed by atoms with Crippen molar-refractivity contribution in [3.63, 3.8) is 0 Å². The minimum atomic E-state index is 0.755. The average molecular weight is 308 g/mol. The van der Waals surface area contributed by atoms with Gasteiger partial charge in [-0.05, 0) is 38.1 Å². The number of rotatable bonds is 6. The van der Waals surface area contributed by atoms with E-state index in [0.717, 1.165) is 24.9 Å². The van der Waals surface area contributed by atoms with E-state index in [1.54, 1.807) is 0 Å². The van der Waals surface area contributed by atoms with Gasteiger partial charge in [-0.1, -0.05) is 19.8 Å². The molecule has 1 saturated heterocycles. The Hall–Kier alpha value is -0.450. The van der Waals surface area contributed by atoms with E-state index in [4.69, 9.17) is 0 Å². The predicted octanol–water partition coefficient (Wildman–Crippen LogP) is 3.45. The van der Waals surface area contributed by atoms with Gasteiger partial charge in [0.15, 0.2) is 0 Å². The molecular formula is C17H29N3S. The van der Waals surface area contributed by atoms with Gasteiger partial charge in [0.2, 0.25) is 0 Å². The monoisotopic (exact) mass is 307 g/mol. The number of hydrogen-bond donors (Lipinski definition) is 1. The first-order chi connectivity index (χ1) is 10.3. The Morgan fingerprint density at radius 1 is 1.29 bits per heavy atom. The number of nitrogens with zero attached hydrogens (tertiary/aromatic N) is 2. The Morgan fingerprint density at radius 3 is 2.95 bits per heavy atom. The van der Waals surface area contributed by atoms with Crippen molar-refractivity contribution < 1.29 is 0 Å². The topological polar surface area (TPSA) is 28.2 Å². The maximum Gasteiger partial charge on any atom is 0.0940 e. The molecule has 1 N–H and O–H groups in total. The smallest absolute Gasteiger partial charge is 0.0940 e. The lowest BCUT2D eigenvalue weighted by atomic mass is 10.0. The summed E-state index contributed by atoms with van der Waals surface area (Å²) in [6.07, 6.45) is 11.5. The first-order valence-electron chi connectivity index (χ1n) is 8.69. The van der Waals surface area contributed by atoms with Crippen LogP contribution in [0.5, 0.6) is 0 Å². The third-order valence-electron chi connectivity index (χ3n) is 4.90. The number of aromatic nitrogens is 1. The highest BCUT2D eigenvalue weighted by molar-refractivity contribution is 7.11. The maximum atomic E-state index is 4.62. The second kappa shape index (κ2) is 7.70. The van der Waals surface area contributed by atoms with Gasteiger partial charge in [0, 0.05) is 43.2 Å². The van der Waals surface area contributed by atoms with E-state index in [1.807, 2.05) is 11.3 Å². The summed E-state index contributed by atoms with van der Waals surface area (Å²) in [5, 5.41) is 5.00. The number of hydrogen-bond acceptors (Lipinski definition) is 4. The molecule has 1 atom stereocenters. The Labute approximate surface area is 133 Å². The summed E-state index contributed by atoms with van der Waals surface area (Å²) >= 11 is 1.91. The van der Waals surface area contributed by atoms with Crippen molar-refractivity contribution in [1.29, 1.82) is 0 Å². The van der Waals surface area contributed by atoms with Crippen molar-refractivity contribution in [2.24, 2.45) is 5.92 Å². The zero-order valence-corrected chi connectivity index (χ0v) is 14.1. The number of likely N-dealkylation sites (tertiary alicyclic amines) is 1. The third-order valence-corrected chi connectivity index (χ3v) is 5.96. The first kappa shape index (κ1) is 15.4. The van der Waals surface area contributed by atoms with Crippen molar-refractivity contribution >= 4 is 11.3 Å². The van der Waals surface area contributed by atoms with Gasteiger partial charge < -0.3 is 10.2 Å². The predicted molar refractivity (Wildman–Crippen MR) is 89.8 cm³/mol. The Balaban J connectivity index is 1.39. The second-order valence-electron chi connectivity index (χ2n) is 6.88. The molecule has 1 aliphatic heterocycles. The van der Waals surface area contributed by atoms with E-state index in [9.17, 15) is 0 Å². The SMILES string of the molecule is CC1CCCN(CCc2ncc(CNC3CCCC3)s2)C1. The first-order valence-corrected chi connectivity index (χ1v) is 9.50. The second-order valence-corrected chi connectivity index (χ2v) is 8.08. The molecular weight excluding hydrogens is 278 g/mol. The molecule has 21 heavy (non-hydrogen) atoms. The summed E-state index contributed by atoms with van der Waals surface area (Å²) in [6, 6.07) is 0.755. The van der Waals surface area contributed by atoms with Crippen molar-refractivity contribution in [1.82, 2.24) is 15.2 Å². The standard InChI is InChI=1S/C17H29N3S/c1-14-5-4-9-20(13-14)10-8-17-19-12-16(21-17)11-18-15-6-2-3-7-15/h12,14-15,18H,2-11,13H2,1H3. The Morgan fingerprint density at radius 2 is 2.14 bits per heavy atom. The summed E-state index contributed by atoms with van der Waals surface area (Å²) in [5.74, 6) is 0.876. The Kier molecular flexibility index (Phi) is 5.67. The molecule has 4 heteroatoms. The summed E-state index contributed by atoms with van der Waals surface area (Å²) in [7, 11) is 0. The molecule has 3 rings (SSSR count). The fourth-order valence-corrected chi connectivity index (χ4v) is 4.53. The highest BCUT2D eigenvalue weighted by Gasteiger charge is 2.17. The largest absolute Gasteiger partial charge is 0.309 e. The van der Waals surface area contributed by atoms with E-state index >= 15 is 0 Å². The summed E-state index contributed by atoms with van der Waals surface area (Å²) in [6.45, 7) is 7.14.